The van der Waals surface area contributed by atoms with E-state index in [2.05, 4.69) is 19.8 Å². The molecule has 0 radical (unpaired) electrons. The zero-order chi connectivity index (χ0) is 13.7. The lowest BCUT2D eigenvalue weighted by Gasteiger charge is -2.34. The van der Waals surface area contributed by atoms with Gasteiger partial charge in [0.25, 0.3) is 5.91 Å². The second-order valence-corrected chi connectivity index (χ2v) is 4.45. The number of nitrogens with zero attached hydrogens (tertiary/aromatic N) is 3. The predicted molar refractivity (Wildman–Crippen MR) is 67.6 cm³/mol. The van der Waals surface area contributed by atoms with E-state index in [-0.39, 0.29) is 11.9 Å². The van der Waals surface area contributed by atoms with Crippen LogP contribution in [-0.4, -0.2) is 71.7 Å². The van der Waals surface area contributed by atoms with E-state index in [0.717, 1.165) is 13.1 Å². The Kier molecular flexibility index (Phi) is 4.51. The van der Waals surface area contributed by atoms with Gasteiger partial charge < -0.3 is 9.64 Å². The third kappa shape index (κ3) is 3.54. The lowest BCUT2D eigenvalue weighted by Crippen LogP contribution is -2.49. The van der Waals surface area contributed by atoms with Crippen LogP contribution < -0.4 is 0 Å². The minimum atomic E-state index is -0.197. The average Bonchev–Trinajstić information content (AvgIpc) is 2.98. The number of rotatable bonds is 4. The summed E-state index contributed by atoms with van der Waals surface area (Å²) in [4.78, 5) is 27.1. The average molecular weight is 266 g/mol. The van der Waals surface area contributed by atoms with Gasteiger partial charge in [0.1, 0.15) is 0 Å². The van der Waals surface area contributed by atoms with Crippen molar-refractivity contribution in [2.24, 2.45) is 0 Å². The zero-order valence-electron chi connectivity index (χ0n) is 11.0. The summed E-state index contributed by atoms with van der Waals surface area (Å²) in [6.07, 6.45) is 3.53. The smallest absolute Gasteiger partial charge is 0.306 e. The minimum Gasteiger partial charge on any atom is -0.469 e. The van der Waals surface area contributed by atoms with Crippen LogP contribution in [-0.2, 0) is 9.53 Å². The Hall–Kier alpha value is -1.89. The van der Waals surface area contributed by atoms with Crippen molar-refractivity contribution in [2.45, 2.75) is 6.42 Å². The molecule has 7 nitrogen and oxygen atoms in total. The third-order valence-electron chi connectivity index (χ3n) is 3.26. The van der Waals surface area contributed by atoms with E-state index in [9.17, 15) is 9.59 Å². The Bertz CT molecular complexity index is 424. The first-order valence-corrected chi connectivity index (χ1v) is 6.28. The van der Waals surface area contributed by atoms with E-state index in [1.807, 2.05) is 0 Å². The van der Waals surface area contributed by atoms with Crippen LogP contribution in [0.2, 0.25) is 0 Å². The highest BCUT2D eigenvalue weighted by Crippen LogP contribution is 2.07. The number of nitrogens with one attached hydrogen (secondary N) is 1. The molecule has 2 rings (SSSR count). The van der Waals surface area contributed by atoms with Gasteiger partial charge in [0.15, 0.2) is 0 Å². The van der Waals surface area contributed by atoms with Crippen LogP contribution in [0.4, 0.5) is 0 Å². The van der Waals surface area contributed by atoms with E-state index in [1.54, 1.807) is 11.1 Å². The van der Waals surface area contributed by atoms with Gasteiger partial charge in [-0.25, -0.2) is 0 Å². The summed E-state index contributed by atoms with van der Waals surface area (Å²) >= 11 is 0. The molecule has 1 aromatic heterocycles. The number of ether oxygens (including phenoxy) is 1. The Morgan fingerprint density at radius 1 is 1.37 bits per heavy atom. The van der Waals surface area contributed by atoms with Crippen LogP contribution in [0.15, 0.2) is 12.4 Å². The maximum Gasteiger partial charge on any atom is 0.306 e. The van der Waals surface area contributed by atoms with Crippen molar-refractivity contribution < 1.29 is 14.3 Å². The zero-order valence-corrected chi connectivity index (χ0v) is 11.0. The molecule has 0 spiro atoms. The van der Waals surface area contributed by atoms with Crippen molar-refractivity contribution in [3.05, 3.63) is 18.0 Å². The first-order valence-electron chi connectivity index (χ1n) is 6.28. The first kappa shape index (κ1) is 13.5. The van der Waals surface area contributed by atoms with Crippen molar-refractivity contribution >= 4 is 11.9 Å². The second-order valence-electron chi connectivity index (χ2n) is 4.45. The maximum absolute atomic E-state index is 12.1. The van der Waals surface area contributed by atoms with Gasteiger partial charge in [0.05, 0.1) is 25.3 Å². The molecule has 0 saturated carbocycles. The summed E-state index contributed by atoms with van der Waals surface area (Å²) in [7, 11) is 1.39. The highest BCUT2D eigenvalue weighted by molar-refractivity contribution is 5.93. The summed E-state index contributed by atoms with van der Waals surface area (Å²) in [6.45, 7) is 3.58. The monoisotopic (exact) mass is 266 g/mol. The van der Waals surface area contributed by atoms with Gasteiger partial charge in [0, 0.05) is 38.9 Å². The molecular weight excluding hydrogens is 248 g/mol. The molecule has 0 bridgehead atoms. The number of piperazine rings is 1. The van der Waals surface area contributed by atoms with Gasteiger partial charge in [-0.15, -0.1) is 0 Å². The fourth-order valence-electron chi connectivity index (χ4n) is 2.08. The Morgan fingerprint density at radius 3 is 2.68 bits per heavy atom. The van der Waals surface area contributed by atoms with Gasteiger partial charge in [-0.3, -0.25) is 19.6 Å². The number of aromatic amines is 1. The van der Waals surface area contributed by atoms with E-state index in [1.165, 1.54) is 13.3 Å². The van der Waals surface area contributed by atoms with Gasteiger partial charge in [0.2, 0.25) is 0 Å². The van der Waals surface area contributed by atoms with Gasteiger partial charge >= 0.3 is 5.97 Å². The van der Waals surface area contributed by atoms with Crippen molar-refractivity contribution in [3.63, 3.8) is 0 Å². The molecular formula is C12H18N4O3. The molecule has 1 aliphatic rings. The second kappa shape index (κ2) is 6.33. The van der Waals surface area contributed by atoms with Crippen LogP contribution in [0.25, 0.3) is 0 Å². The predicted octanol–water partition coefficient (Wildman–Crippen LogP) is -0.269. The third-order valence-corrected chi connectivity index (χ3v) is 3.26. The maximum atomic E-state index is 12.1. The Labute approximate surface area is 111 Å². The summed E-state index contributed by atoms with van der Waals surface area (Å²) < 4.78 is 4.61. The summed E-state index contributed by atoms with van der Waals surface area (Å²) in [6, 6.07) is 0. The van der Waals surface area contributed by atoms with Crippen molar-refractivity contribution in [1.29, 1.82) is 0 Å². The molecule has 2 heterocycles. The number of esters is 1. The van der Waals surface area contributed by atoms with Gasteiger partial charge in [-0.05, 0) is 0 Å². The highest BCUT2D eigenvalue weighted by Gasteiger charge is 2.22. The summed E-state index contributed by atoms with van der Waals surface area (Å²) in [5.74, 6) is -0.196. The molecule has 19 heavy (non-hydrogen) atoms. The van der Waals surface area contributed by atoms with E-state index in [4.69, 9.17) is 0 Å². The number of hydrogen-bond acceptors (Lipinski definition) is 5. The lowest BCUT2D eigenvalue weighted by molar-refractivity contribution is -0.141. The van der Waals surface area contributed by atoms with E-state index < -0.39 is 0 Å². The molecule has 1 saturated heterocycles. The fraction of sp³-hybridized carbons (Fsp3) is 0.583. The van der Waals surface area contributed by atoms with Crippen molar-refractivity contribution in [3.8, 4) is 0 Å². The molecule has 1 fully saturated rings. The molecule has 104 valence electrons. The van der Waals surface area contributed by atoms with Crippen LogP contribution >= 0.6 is 0 Å². The van der Waals surface area contributed by atoms with Gasteiger partial charge in [-0.2, -0.15) is 5.10 Å². The Balaban J connectivity index is 1.76. The number of hydrogen-bond donors (Lipinski definition) is 1. The summed E-state index contributed by atoms with van der Waals surface area (Å²) in [5, 5.41) is 6.42. The van der Waals surface area contributed by atoms with Crippen LogP contribution in [0.5, 0.6) is 0 Å². The topological polar surface area (TPSA) is 78.5 Å². The quantitative estimate of drug-likeness (QED) is 0.759. The number of methoxy groups -OCH3 is 1. The standard InChI is InChI=1S/C12H18N4O3/c1-19-11(17)2-3-15-4-6-16(7-5-15)12(18)10-8-13-14-9-10/h8-9H,2-7H2,1H3,(H,13,14). The normalized spacial score (nSPS) is 16.4. The fourth-order valence-corrected chi connectivity index (χ4v) is 2.08. The molecule has 0 aromatic carbocycles. The van der Waals surface area contributed by atoms with Crippen molar-refractivity contribution in [1.82, 2.24) is 20.0 Å². The van der Waals surface area contributed by atoms with E-state index in [0.29, 0.717) is 31.6 Å². The molecule has 0 unspecified atom stereocenters. The van der Waals surface area contributed by atoms with Gasteiger partial charge in [-0.1, -0.05) is 0 Å². The number of amides is 1. The largest absolute Gasteiger partial charge is 0.469 e. The number of H-pyrrole nitrogens is 1. The number of carbonyl (C=O) groups excluding carboxylic acids is 2. The molecule has 0 atom stereocenters. The molecule has 0 aliphatic carbocycles. The molecule has 1 aromatic rings. The van der Waals surface area contributed by atoms with Crippen LogP contribution in [0.1, 0.15) is 16.8 Å². The van der Waals surface area contributed by atoms with Crippen molar-refractivity contribution in [2.75, 3.05) is 39.8 Å². The Morgan fingerprint density at radius 2 is 2.11 bits per heavy atom. The lowest BCUT2D eigenvalue weighted by atomic mass is 10.2. The highest BCUT2D eigenvalue weighted by atomic mass is 16.5. The first-order chi connectivity index (χ1) is 9.20. The minimum absolute atomic E-state index is 0.00127. The van der Waals surface area contributed by atoms with Crippen LogP contribution in [0, 0.1) is 0 Å². The van der Waals surface area contributed by atoms with E-state index >= 15 is 0 Å². The number of carbonyl (C=O) groups is 2. The molecule has 7 heteroatoms. The molecule has 1 amide bonds. The number of aromatic nitrogens is 2. The SMILES string of the molecule is COC(=O)CCN1CCN(C(=O)c2cn[nH]c2)CC1. The molecule has 1 aliphatic heterocycles. The van der Waals surface area contributed by atoms with Crippen LogP contribution in [0.3, 0.4) is 0 Å². The summed E-state index contributed by atoms with van der Waals surface area (Å²) in [5.41, 5.74) is 0.586. The molecule has 1 N–H and O–H groups in total.